The maximum absolute atomic E-state index is 12.3. The molecule has 0 saturated carbocycles. The highest BCUT2D eigenvalue weighted by molar-refractivity contribution is 9.10. The molecule has 0 bridgehead atoms. The van der Waals surface area contributed by atoms with Crippen LogP contribution in [0.25, 0.3) is 0 Å². The van der Waals surface area contributed by atoms with E-state index in [4.69, 9.17) is 11.6 Å². The number of amides is 2. The van der Waals surface area contributed by atoms with E-state index in [1.807, 2.05) is 0 Å². The molecule has 0 aromatic heterocycles. The van der Waals surface area contributed by atoms with Gasteiger partial charge in [-0.3, -0.25) is 9.59 Å². The summed E-state index contributed by atoms with van der Waals surface area (Å²) in [5.41, 5.74) is 1.29. The largest absolute Gasteiger partial charge is 0.268 e. The summed E-state index contributed by atoms with van der Waals surface area (Å²) >= 11 is 9.20. The van der Waals surface area contributed by atoms with Crippen LogP contribution < -0.4 is 4.90 Å². The Labute approximate surface area is 122 Å². The number of halogens is 2. The summed E-state index contributed by atoms with van der Waals surface area (Å²) in [6.07, 6.45) is 0. The van der Waals surface area contributed by atoms with Crippen LogP contribution in [0.4, 0.5) is 5.69 Å². The normalized spacial score (nSPS) is 13.9. The van der Waals surface area contributed by atoms with E-state index >= 15 is 0 Å². The minimum Gasteiger partial charge on any atom is -0.268 e. The average Bonchev–Trinajstić information content (AvgIpc) is 2.61. The van der Waals surface area contributed by atoms with Crippen LogP contribution in [0.1, 0.15) is 20.7 Å². The number of anilines is 1. The second-order valence-corrected chi connectivity index (χ2v) is 5.47. The van der Waals surface area contributed by atoms with Gasteiger partial charge in [-0.2, -0.15) is 0 Å². The lowest BCUT2D eigenvalue weighted by molar-refractivity contribution is 0.0926. The van der Waals surface area contributed by atoms with Crippen molar-refractivity contribution in [1.82, 2.24) is 0 Å². The standard InChI is InChI=1S/C14H7BrClNO2/c15-8-4-5-11-12(6-8)14(19)17(13(11)18)10-3-1-2-9(16)7-10/h1-7H. The van der Waals surface area contributed by atoms with Crippen LogP contribution in [-0.2, 0) is 0 Å². The summed E-state index contributed by atoms with van der Waals surface area (Å²) in [6.45, 7) is 0. The SMILES string of the molecule is O=C1c2ccc(Br)cc2C(=O)N1c1cccc(Cl)c1. The number of rotatable bonds is 1. The Morgan fingerprint density at radius 1 is 0.947 bits per heavy atom. The van der Waals surface area contributed by atoms with Crippen molar-refractivity contribution in [3.8, 4) is 0 Å². The summed E-state index contributed by atoms with van der Waals surface area (Å²) in [4.78, 5) is 25.7. The van der Waals surface area contributed by atoms with Crippen LogP contribution in [-0.4, -0.2) is 11.8 Å². The number of fused-ring (bicyclic) bond motifs is 1. The minimum atomic E-state index is -0.330. The first-order chi connectivity index (χ1) is 9.08. The average molecular weight is 337 g/mol. The molecule has 0 N–H and O–H groups in total. The van der Waals surface area contributed by atoms with E-state index in [0.717, 1.165) is 9.37 Å². The van der Waals surface area contributed by atoms with Gasteiger partial charge in [0.25, 0.3) is 11.8 Å². The zero-order valence-electron chi connectivity index (χ0n) is 9.56. The Morgan fingerprint density at radius 2 is 1.68 bits per heavy atom. The van der Waals surface area contributed by atoms with Crippen molar-refractivity contribution >= 4 is 45.0 Å². The van der Waals surface area contributed by atoms with Gasteiger partial charge in [0.2, 0.25) is 0 Å². The Morgan fingerprint density at radius 3 is 2.42 bits per heavy atom. The topological polar surface area (TPSA) is 37.4 Å². The predicted molar refractivity (Wildman–Crippen MR) is 76.7 cm³/mol. The number of nitrogens with zero attached hydrogens (tertiary/aromatic N) is 1. The predicted octanol–water partition coefficient (Wildman–Crippen LogP) is 3.90. The van der Waals surface area contributed by atoms with Crippen molar-refractivity contribution < 1.29 is 9.59 Å². The van der Waals surface area contributed by atoms with Gasteiger partial charge in [-0.05, 0) is 36.4 Å². The molecule has 0 atom stereocenters. The van der Waals surface area contributed by atoms with Crippen molar-refractivity contribution in [1.29, 1.82) is 0 Å². The quantitative estimate of drug-likeness (QED) is 0.741. The summed E-state index contributed by atoms with van der Waals surface area (Å²) in [7, 11) is 0. The Hall–Kier alpha value is -1.65. The van der Waals surface area contributed by atoms with Gasteiger partial charge < -0.3 is 0 Å². The van der Waals surface area contributed by atoms with Crippen molar-refractivity contribution in [3.05, 3.63) is 63.1 Å². The highest BCUT2D eigenvalue weighted by Crippen LogP contribution is 2.31. The molecule has 2 amide bonds. The molecule has 94 valence electrons. The second-order valence-electron chi connectivity index (χ2n) is 4.12. The van der Waals surface area contributed by atoms with Crippen molar-refractivity contribution in [3.63, 3.8) is 0 Å². The Bertz CT molecular complexity index is 714. The van der Waals surface area contributed by atoms with Crippen LogP contribution >= 0.6 is 27.5 Å². The lowest BCUT2D eigenvalue weighted by Gasteiger charge is -2.13. The number of hydrogen-bond donors (Lipinski definition) is 0. The monoisotopic (exact) mass is 335 g/mol. The van der Waals surface area contributed by atoms with Gasteiger partial charge in [0, 0.05) is 9.50 Å². The highest BCUT2D eigenvalue weighted by atomic mass is 79.9. The molecule has 1 aliphatic rings. The lowest BCUT2D eigenvalue weighted by Crippen LogP contribution is -2.29. The zero-order chi connectivity index (χ0) is 13.6. The van der Waals surface area contributed by atoms with Crippen LogP contribution in [0.2, 0.25) is 5.02 Å². The minimum absolute atomic E-state index is 0.324. The van der Waals surface area contributed by atoms with Gasteiger partial charge in [0.05, 0.1) is 16.8 Å². The van der Waals surface area contributed by atoms with Crippen molar-refractivity contribution in [2.75, 3.05) is 4.90 Å². The van der Waals surface area contributed by atoms with E-state index < -0.39 is 0 Å². The molecule has 0 fully saturated rings. The number of hydrogen-bond acceptors (Lipinski definition) is 2. The molecule has 3 rings (SSSR count). The first-order valence-corrected chi connectivity index (χ1v) is 6.69. The zero-order valence-corrected chi connectivity index (χ0v) is 11.9. The summed E-state index contributed by atoms with van der Waals surface area (Å²) in [5, 5.41) is 0.482. The van der Waals surface area contributed by atoms with Gasteiger partial charge in [0.15, 0.2) is 0 Å². The highest BCUT2D eigenvalue weighted by Gasteiger charge is 2.36. The molecule has 19 heavy (non-hydrogen) atoms. The maximum Gasteiger partial charge on any atom is 0.266 e. The number of benzene rings is 2. The summed E-state index contributed by atoms with van der Waals surface area (Å²) < 4.78 is 0.764. The van der Waals surface area contributed by atoms with Crippen LogP contribution in [0.5, 0.6) is 0 Å². The van der Waals surface area contributed by atoms with Gasteiger partial charge >= 0.3 is 0 Å². The van der Waals surface area contributed by atoms with Gasteiger partial charge in [-0.25, -0.2) is 4.90 Å². The third kappa shape index (κ3) is 1.97. The third-order valence-electron chi connectivity index (χ3n) is 2.92. The first kappa shape index (κ1) is 12.4. The van der Waals surface area contributed by atoms with E-state index in [2.05, 4.69) is 15.9 Å². The smallest absolute Gasteiger partial charge is 0.266 e. The molecule has 1 aliphatic heterocycles. The second kappa shape index (κ2) is 4.47. The molecule has 3 nitrogen and oxygen atoms in total. The number of carbonyl (C=O) groups is 2. The summed E-state index contributed by atoms with van der Waals surface area (Å²) in [6, 6.07) is 11.7. The Kier molecular flexibility index (Phi) is 2.92. The van der Waals surface area contributed by atoms with E-state index in [1.54, 1.807) is 42.5 Å². The van der Waals surface area contributed by atoms with E-state index in [1.165, 1.54) is 0 Å². The van der Waals surface area contributed by atoms with Crippen LogP contribution in [0.15, 0.2) is 46.9 Å². The van der Waals surface area contributed by atoms with E-state index in [0.29, 0.717) is 21.8 Å². The lowest BCUT2D eigenvalue weighted by atomic mass is 10.1. The van der Waals surface area contributed by atoms with Gasteiger partial charge in [-0.1, -0.05) is 33.6 Å². The number of carbonyl (C=O) groups excluding carboxylic acids is 2. The van der Waals surface area contributed by atoms with E-state index in [-0.39, 0.29) is 11.8 Å². The molecule has 5 heteroatoms. The van der Waals surface area contributed by atoms with Crippen LogP contribution in [0, 0.1) is 0 Å². The molecule has 0 spiro atoms. The Balaban J connectivity index is 2.13. The fraction of sp³-hybridized carbons (Fsp3) is 0. The molecule has 0 unspecified atom stereocenters. The molecule has 0 radical (unpaired) electrons. The molecule has 0 aliphatic carbocycles. The molecule has 1 heterocycles. The van der Waals surface area contributed by atoms with Crippen LogP contribution in [0.3, 0.4) is 0 Å². The molecule has 2 aromatic carbocycles. The van der Waals surface area contributed by atoms with E-state index in [9.17, 15) is 9.59 Å². The third-order valence-corrected chi connectivity index (χ3v) is 3.64. The first-order valence-electron chi connectivity index (χ1n) is 5.52. The molecule has 0 saturated heterocycles. The van der Waals surface area contributed by atoms with Gasteiger partial charge in [0.1, 0.15) is 0 Å². The van der Waals surface area contributed by atoms with Crippen molar-refractivity contribution in [2.24, 2.45) is 0 Å². The van der Waals surface area contributed by atoms with Crippen molar-refractivity contribution in [2.45, 2.75) is 0 Å². The molecular weight excluding hydrogens is 330 g/mol. The fourth-order valence-corrected chi connectivity index (χ4v) is 2.61. The molecule has 2 aromatic rings. The fourth-order valence-electron chi connectivity index (χ4n) is 2.06. The number of imide groups is 1. The van der Waals surface area contributed by atoms with Gasteiger partial charge in [-0.15, -0.1) is 0 Å². The molecular formula is C14H7BrClNO2. The maximum atomic E-state index is 12.3. The summed E-state index contributed by atoms with van der Waals surface area (Å²) in [5.74, 6) is -0.654.